The third kappa shape index (κ3) is 7.91. The van der Waals surface area contributed by atoms with E-state index in [4.69, 9.17) is 14.6 Å². The van der Waals surface area contributed by atoms with E-state index in [-0.39, 0.29) is 30.6 Å². The molecule has 0 saturated heterocycles. The molecule has 0 heterocycles. The lowest BCUT2D eigenvalue weighted by Gasteiger charge is -2.43. The van der Waals surface area contributed by atoms with Gasteiger partial charge in [0.2, 0.25) is 0 Å². The van der Waals surface area contributed by atoms with Crippen molar-refractivity contribution in [3.05, 3.63) is 53.1 Å². The topological polar surface area (TPSA) is 134 Å². The number of aliphatic carboxylic acids is 1. The number of fused-ring (bicyclic) bond motifs is 1. The first-order chi connectivity index (χ1) is 17.7. The van der Waals surface area contributed by atoms with Crippen molar-refractivity contribution in [2.24, 2.45) is 17.8 Å². The Hall–Kier alpha value is -2.68. The molecular weight excluding hydrogens is 488 g/mol. The van der Waals surface area contributed by atoms with Crippen molar-refractivity contribution in [3.63, 3.8) is 0 Å². The van der Waals surface area contributed by atoms with Gasteiger partial charge in [0.1, 0.15) is 11.9 Å². The smallest absolute Gasteiger partial charge is 0.350 e. The van der Waals surface area contributed by atoms with Crippen LogP contribution in [-0.4, -0.2) is 62.4 Å². The highest BCUT2D eigenvalue weighted by molar-refractivity contribution is 5.79. The number of allylic oxidation sites excluding steroid dienone is 2. The van der Waals surface area contributed by atoms with Gasteiger partial charge in [-0.3, -0.25) is 4.79 Å². The Bertz CT molecular complexity index is 1040. The largest absolute Gasteiger partial charge is 0.481 e. The van der Waals surface area contributed by atoms with Crippen LogP contribution >= 0.6 is 0 Å². The molecule has 0 fully saturated rings. The Balaban J connectivity index is 1.73. The number of rotatable bonds is 11. The Labute approximate surface area is 225 Å². The van der Waals surface area contributed by atoms with Gasteiger partial charge in [-0.1, -0.05) is 31.2 Å². The number of hydrogen-bond donors (Lipinski definition) is 4. The summed E-state index contributed by atoms with van der Waals surface area (Å²) in [5.41, 5.74) is 1.70. The van der Waals surface area contributed by atoms with Crippen LogP contribution in [0.1, 0.15) is 64.0 Å². The fourth-order valence-corrected chi connectivity index (χ4v) is 5.70. The zero-order valence-electron chi connectivity index (χ0n) is 23.0. The minimum atomic E-state index is -1.26. The molecule has 3 rings (SSSR count). The number of carboxylic acids is 1. The quantitative estimate of drug-likeness (QED) is 0.317. The van der Waals surface area contributed by atoms with E-state index in [9.17, 15) is 24.9 Å². The molecule has 8 nitrogen and oxygen atoms in total. The number of carbonyl (C=O) groups is 2. The van der Waals surface area contributed by atoms with Gasteiger partial charge in [-0.2, -0.15) is 0 Å². The molecule has 7 atom stereocenters. The molecule has 210 valence electrons. The van der Waals surface area contributed by atoms with Gasteiger partial charge in [0.25, 0.3) is 0 Å². The second kappa shape index (κ2) is 12.5. The van der Waals surface area contributed by atoms with Crippen LogP contribution in [0.4, 0.5) is 0 Å². The van der Waals surface area contributed by atoms with Crippen LogP contribution in [0, 0.1) is 31.6 Å². The number of ether oxygens (including phenoxy) is 2. The monoisotopic (exact) mass is 530 g/mol. The number of carboxylic acid groups (broad SMARTS) is 1. The van der Waals surface area contributed by atoms with Crippen LogP contribution in [0.5, 0.6) is 5.75 Å². The second-order valence-electron chi connectivity index (χ2n) is 11.5. The van der Waals surface area contributed by atoms with Crippen LogP contribution < -0.4 is 4.74 Å². The minimum absolute atomic E-state index is 0.0162. The summed E-state index contributed by atoms with van der Waals surface area (Å²) in [6.07, 6.45) is 3.32. The number of hydrogen-bond acceptors (Lipinski definition) is 7. The SMILES string of the molecule is Cc1cc(C)cc(OC(C)(C)C(=O)O[C@H]2C[C@H](O)C=C3C=C[C@@H](C)[C@H](CC[C@@H](O)C[C@@H](O)CC(=O)O)[C@H]32)c1. The number of esters is 1. The summed E-state index contributed by atoms with van der Waals surface area (Å²) in [7, 11) is 0. The van der Waals surface area contributed by atoms with Gasteiger partial charge in [0.05, 0.1) is 24.7 Å². The molecular formula is C30H42O8. The lowest BCUT2D eigenvalue weighted by Crippen LogP contribution is -2.47. The fourth-order valence-electron chi connectivity index (χ4n) is 5.70. The van der Waals surface area contributed by atoms with E-state index in [1.54, 1.807) is 19.9 Å². The van der Waals surface area contributed by atoms with Crippen LogP contribution in [0.3, 0.4) is 0 Å². The lowest BCUT2D eigenvalue weighted by molar-refractivity contribution is -0.170. The van der Waals surface area contributed by atoms with Gasteiger partial charge in [-0.05, 0) is 87.6 Å². The molecule has 0 spiro atoms. The first-order valence-corrected chi connectivity index (χ1v) is 13.4. The van der Waals surface area contributed by atoms with E-state index >= 15 is 0 Å². The highest BCUT2D eigenvalue weighted by Crippen LogP contribution is 2.44. The van der Waals surface area contributed by atoms with Gasteiger partial charge < -0.3 is 29.9 Å². The highest BCUT2D eigenvalue weighted by Gasteiger charge is 2.44. The maximum Gasteiger partial charge on any atom is 0.350 e. The summed E-state index contributed by atoms with van der Waals surface area (Å²) in [5.74, 6) is -1.07. The van der Waals surface area contributed by atoms with Gasteiger partial charge in [-0.25, -0.2) is 4.79 Å². The zero-order valence-corrected chi connectivity index (χ0v) is 23.0. The number of carbonyl (C=O) groups excluding carboxylic acids is 1. The van der Waals surface area contributed by atoms with Crippen molar-refractivity contribution in [1.29, 1.82) is 0 Å². The van der Waals surface area contributed by atoms with Crippen LogP contribution in [-0.2, 0) is 14.3 Å². The predicted molar refractivity (Wildman–Crippen MR) is 143 cm³/mol. The van der Waals surface area contributed by atoms with Crippen molar-refractivity contribution >= 4 is 11.9 Å². The second-order valence-corrected chi connectivity index (χ2v) is 11.5. The molecule has 4 N–H and O–H groups in total. The number of benzene rings is 1. The highest BCUT2D eigenvalue weighted by atomic mass is 16.6. The molecule has 8 heteroatoms. The van der Waals surface area contributed by atoms with E-state index in [0.29, 0.717) is 18.6 Å². The third-order valence-corrected chi connectivity index (χ3v) is 7.48. The summed E-state index contributed by atoms with van der Waals surface area (Å²) in [5, 5.41) is 39.7. The molecule has 0 saturated carbocycles. The zero-order chi connectivity index (χ0) is 28.2. The maximum atomic E-state index is 13.4. The first kappa shape index (κ1) is 29.9. The average molecular weight is 531 g/mol. The molecule has 0 bridgehead atoms. The summed E-state index contributed by atoms with van der Waals surface area (Å²) >= 11 is 0. The van der Waals surface area contributed by atoms with Crippen LogP contribution in [0.15, 0.2) is 42.0 Å². The molecule has 0 aliphatic heterocycles. The van der Waals surface area contributed by atoms with E-state index in [1.807, 2.05) is 38.1 Å². The maximum absolute atomic E-state index is 13.4. The average Bonchev–Trinajstić information content (AvgIpc) is 2.76. The predicted octanol–water partition coefficient (Wildman–Crippen LogP) is 3.87. The summed E-state index contributed by atoms with van der Waals surface area (Å²) < 4.78 is 12.1. The van der Waals surface area contributed by atoms with Crippen molar-refractivity contribution in [1.82, 2.24) is 0 Å². The van der Waals surface area contributed by atoms with E-state index in [0.717, 1.165) is 16.7 Å². The van der Waals surface area contributed by atoms with E-state index in [1.165, 1.54) is 0 Å². The Morgan fingerprint density at radius 3 is 2.39 bits per heavy atom. The Kier molecular flexibility index (Phi) is 9.79. The first-order valence-electron chi connectivity index (χ1n) is 13.4. The molecule has 0 amide bonds. The van der Waals surface area contributed by atoms with E-state index < -0.39 is 48.4 Å². The van der Waals surface area contributed by atoms with Crippen LogP contribution in [0.2, 0.25) is 0 Å². The molecule has 0 unspecified atom stereocenters. The Morgan fingerprint density at radius 2 is 1.76 bits per heavy atom. The van der Waals surface area contributed by atoms with Gasteiger partial charge in [0.15, 0.2) is 5.60 Å². The van der Waals surface area contributed by atoms with Crippen molar-refractivity contribution < 1.29 is 39.5 Å². The standard InChI is InChI=1S/C30H42O8/c1-17-10-18(2)12-24(11-17)38-30(4,5)29(36)37-26-15-22(32)13-20-7-6-19(3)25(28(20)26)9-8-21(31)14-23(33)16-27(34)35/h6-7,10-13,19,21-23,25-26,28,31-33H,8-9,14-16H2,1-5H3,(H,34,35)/t19-,21-,22-,23-,25+,26+,28+/m1/s1. The minimum Gasteiger partial charge on any atom is -0.481 e. The Morgan fingerprint density at radius 1 is 1.11 bits per heavy atom. The van der Waals surface area contributed by atoms with Crippen LogP contribution in [0.25, 0.3) is 0 Å². The normalized spacial score (nSPS) is 26.6. The molecule has 38 heavy (non-hydrogen) atoms. The van der Waals surface area contributed by atoms with Crippen molar-refractivity contribution in [2.75, 3.05) is 0 Å². The lowest BCUT2D eigenvalue weighted by atomic mass is 9.66. The number of aliphatic hydroxyl groups is 3. The summed E-state index contributed by atoms with van der Waals surface area (Å²) in [6, 6.07) is 5.77. The molecule has 0 radical (unpaired) electrons. The fraction of sp³-hybridized carbons (Fsp3) is 0.600. The molecule has 2 aliphatic rings. The third-order valence-electron chi connectivity index (χ3n) is 7.48. The molecule has 2 aliphatic carbocycles. The summed E-state index contributed by atoms with van der Waals surface area (Å²) in [6.45, 7) is 9.33. The van der Waals surface area contributed by atoms with Crippen molar-refractivity contribution in [2.45, 2.75) is 96.7 Å². The van der Waals surface area contributed by atoms with E-state index in [2.05, 4.69) is 13.0 Å². The van der Waals surface area contributed by atoms with Gasteiger partial charge >= 0.3 is 11.9 Å². The number of aryl methyl sites for hydroxylation is 2. The van der Waals surface area contributed by atoms with Crippen molar-refractivity contribution in [3.8, 4) is 5.75 Å². The molecule has 1 aromatic carbocycles. The molecule has 0 aromatic heterocycles. The van der Waals surface area contributed by atoms with Gasteiger partial charge in [0, 0.05) is 12.3 Å². The molecule has 1 aromatic rings. The van der Waals surface area contributed by atoms with Gasteiger partial charge in [-0.15, -0.1) is 0 Å². The number of aliphatic hydroxyl groups excluding tert-OH is 3. The summed E-state index contributed by atoms with van der Waals surface area (Å²) in [4.78, 5) is 24.2.